The molecule has 5 rings (SSSR count). The number of nitrogens with zero attached hydrogens (tertiary/aromatic N) is 4. The molecule has 1 amide bonds. The molecule has 7 nitrogen and oxygen atoms in total. The van der Waals surface area contributed by atoms with Crippen LogP contribution in [0.15, 0.2) is 65.0 Å². The summed E-state index contributed by atoms with van der Waals surface area (Å²) in [4.78, 5) is 26.5. The number of nitrogens with one attached hydrogen (secondary N) is 1. The Balaban J connectivity index is 1.51. The molecule has 1 aliphatic rings. The molecule has 4 aromatic rings. The molecule has 0 saturated heterocycles. The fraction of sp³-hybridized carbons (Fsp3) is 0.250. The summed E-state index contributed by atoms with van der Waals surface area (Å²) in [6.45, 7) is 4.15. The van der Waals surface area contributed by atoms with Gasteiger partial charge in [-0.05, 0) is 68.2 Å². The summed E-state index contributed by atoms with van der Waals surface area (Å²) in [5.41, 5.74) is 3.88. The van der Waals surface area contributed by atoms with E-state index in [9.17, 15) is 4.79 Å². The highest BCUT2D eigenvalue weighted by Gasteiger charge is 2.17. The molecule has 0 fully saturated rings. The normalized spacial score (nSPS) is 15.1. The van der Waals surface area contributed by atoms with Gasteiger partial charge in [0.25, 0.3) is 5.91 Å². The minimum absolute atomic E-state index is 0.244. The first-order chi connectivity index (χ1) is 17.5. The van der Waals surface area contributed by atoms with E-state index >= 15 is 0 Å². The average Bonchev–Trinajstić information content (AvgIpc) is 3.56. The lowest BCUT2D eigenvalue weighted by Gasteiger charge is -2.27. The molecule has 0 saturated carbocycles. The van der Waals surface area contributed by atoms with Crippen molar-refractivity contribution in [2.45, 2.75) is 19.4 Å². The van der Waals surface area contributed by atoms with Crippen molar-refractivity contribution >= 4 is 35.2 Å². The Morgan fingerprint density at radius 2 is 2.03 bits per heavy atom. The number of hydrogen-bond acceptors (Lipinski definition) is 7. The van der Waals surface area contributed by atoms with Crippen LogP contribution < -0.4 is 15.8 Å². The Morgan fingerprint density at radius 3 is 2.78 bits per heavy atom. The van der Waals surface area contributed by atoms with Gasteiger partial charge in [-0.2, -0.15) is 0 Å². The van der Waals surface area contributed by atoms with Crippen molar-refractivity contribution in [3.05, 3.63) is 76.8 Å². The van der Waals surface area contributed by atoms with Gasteiger partial charge < -0.3 is 19.5 Å². The van der Waals surface area contributed by atoms with E-state index in [1.54, 1.807) is 30.3 Å². The number of carbonyl (C=O) groups excluding carboxylic acids is 1. The van der Waals surface area contributed by atoms with Crippen LogP contribution in [0, 0.1) is 0 Å². The van der Waals surface area contributed by atoms with Gasteiger partial charge in [-0.25, -0.2) is 4.98 Å². The van der Waals surface area contributed by atoms with Gasteiger partial charge in [-0.1, -0.05) is 6.08 Å². The smallest absolute Gasteiger partial charge is 0.275 e. The van der Waals surface area contributed by atoms with Crippen molar-refractivity contribution in [1.82, 2.24) is 19.8 Å². The highest BCUT2D eigenvalue weighted by Crippen LogP contribution is 2.28. The van der Waals surface area contributed by atoms with Crippen LogP contribution in [0.4, 0.5) is 5.69 Å². The van der Waals surface area contributed by atoms with Gasteiger partial charge >= 0.3 is 0 Å². The average molecular weight is 500 g/mol. The molecule has 1 atom stereocenters. The number of rotatable bonds is 7. The summed E-state index contributed by atoms with van der Waals surface area (Å²) in [7, 11) is 4.18. The van der Waals surface area contributed by atoms with E-state index in [0.29, 0.717) is 11.7 Å². The van der Waals surface area contributed by atoms with Gasteiger partial charge in [0.05, 0.1) is 12.5 Å². The summed E-state index contributed by atoms with van der Waals surface area (Å²) in [6.07, 6.45) is 12.2. The number of likely N-dealkylation sites (N-methyl/N-ethyl adjacent to an activating group) is 1. The number of carbonyl (C=O) groups is 1. The number of amides is 1. The summed E-state index contributed by atoms with van der Waals surface area (Å²) < 4.78 is 5.36. The second-order valence-corrected chi connectivity index (χ2v) is 10.1. The van der Waals surface area contributed by atoms with E-state index < -0.39 is 0 Å². The van der Waals surface area contributed by atoms with Gasteiger partial charge in [-0.3, -0.25) is 9.78 Å². The molecule has 1 aromatic carbocycles. The number of anilines is 1. The maximum Gasteiger partial charge on any atom is 0.275 e. The van der Waals surface area contributed by atoms with Crippen LogP contribution in [-0.4, -0.2) is 58.9 Å². The van der Waals surface area contributed by atoms with E-state index in [-0.39, 0.29) is 5.91 Å². The summed E-state index contributed by atoms with van der Waals surface area (Å²) in [5.74, 6) is -0.244. The Kier molecular flexibility index (Phi) is 6.97. The quantitative estimate of drug-likeness (QED) is 0.416. The number of aromatic nitrogens is 2. The molecule has 0 spiro atoms. The molecule has 8 heteroatoms. The van der Waals surface area contributed by atoms with Crippen molar-refractivity contribution in [3.8, 4) is 21.7 Å². The standard InChI is InChI=1S/C28H29N5O2S/c1-19-4-5-21-14-24(22-8-13-35-17-22)25(15-23(21)16-33(19)12-11-32(2)3)30-27(34)26-18-36-28(31-26)20-6-9-29-10-7-20/h5-10,13-19H,4,11-12H2,1-3H3,(H,30,34). The number of hydrogen-bond donors (Lipinski definition) is 1. The number of fused-ring (bicyclic) bond motifs is 1. The Morgan fingerprint density at radius 1 is 1.19 bits per heavy atom. The molecule has 0 aliphatic carbocycles. The lowest BCUT2D eigenvalue weighted by molar-refractivity contribution is 0.102. The third kappa shape index (κ3) is 5.24. The van der Waals surface area contributed by atoms with Crippen molar-refractivity contribution in [1.29, 1.82) is 0 Å². The molecule has 1 aliphatic heterocycles. The highest BCUT2D eigenvalue weighted by molar-refractivity contribution is 7.13. The first-order valence-electron chi connectivity index (χ1n) is 11.9. The number of thiazole rings is 1. The zero-order valence-electron chi connectivity index (χ0n) is 20.6. The van der Waals surface area contributed by atoms with E-state index in [0.717, 1.165) is 57.3 Å². The second-order valence-electron chi connectivity index (χ2n) is 9.23. The highest BCUT2D eigenvalue weighted by atomic mass is 32.1. The first-order valence-corrected chi connectivity index (χ1v) is 12.8. The number of furan rings is 1. The van der Waals surface area contributed by atoms with Gasteiger partial charge in [0.2, 0.25) is 0 Å². The molecular weight excluding hydrogens is 470 g/mol. The predicted octanol–water partition coefficient (Wildman–Crippen LogP) is 3.89. The van der Waals surface area contributed by atoms with Crippen LogP contribution in [0.3, 0.4) is 0 Å². The lowest BCUT2D eigenvalue weighted by Crippen LogP contribution is -2.35. The predicted molar refractivity (Wildman–Crippen MR) is 145 cm³/mol. The number of benzene rings is 1. The Labute approximate surface area is 214 Å². The van der Waals surface area contributed by atoms with Crippen molar-refractivity contribution in [3.63, 3.8) is 0 Å². The molecule has 0 radical (unpaired) electrons. The van der Waals surface area contributed by atoms with Gasteiger partial charge in [0.15, 0.2) is 0 Å². The van der Waals surface area contributed by atoms with Crippen LogP contribution in [0.2, 0.25) is 0 Å². The third-order valence-electron chi connectivity index (χ3n) is 6.32. The van der Waals surface area contributed by atoms with E-state index in [1.165, 1.54) is 11.3 Å². The minimum Gasteiger partial charge on any atom is -0.472 e. The van der Waals surface area contributed by atoms with Crippen molar-refractivity contribution < 1.29 is 9.21 Å². The van der Waals surface area contributed by atoms with Gasteiger partial charge in [0, 0.05) is 65.5 Å². The zero-order valence-corrected chi connectivity index (χ0v) is 21.5. The van der Waals surface area contributed by atoms with Crippen LogP contribution in [0.25, 0.3) is 34.0 Å². The fourth-order valence-electron chi connectivity index (χ4n) is 4.21. The van der Waals surface area contributed by atoms with Crippen LogP contribution in [0.5, 0.6) is 0 Å². The first kappa shape index (κ1) is 24.0. The fourth-order valence-corrected chi connectivity index (χ4v) is 5.02. The zero-order chi connectivity index (χ0) is 25.1. The minimum atomic E-state index is -0.244. The number of pyridine rings is 1. The SMILES string of the molecule is CC1CC=c2cc(-c3ccoc3)c(NC(=O)c3csc(-c4ccncc4)n3)cc2=CN1CCN(C)C. The largest absolute Gasteiger partial charge is 0.472 e. The maximum atomic E-state index is 13.3. The molecule has 36 heavy (non-hydrogen) atoms. The second kappa shape index (κ2) is 10.5. The van der Waals surface area contributed by atoms with Crippen molar-refractivity contribution in [2.75, 3.05) is 32.5 Å². The van der Waals surface area contributed by atoms with Gasteiger partial charge in [-0.15, -0.1) is 11.3 Å². The molecule has 3 aromatic heterocycles. The summed E-state index contributed by atoms with van der Waals surface area (Å²) in [6, 6.07) is 10.3. The molecule has 1 N–H and O–H groups in total. The molecule has 0 bridgehead atoms. The summed E-state index contributed by atoms with van der Waals surface area (Å²) >= 11 is 1.44. The lowest BCUT2D eigenvalue weighted by atomic mass is 10.0. The maximum absolute atomic E-state index is 13.3. The van der Waals surface area contributed by atoms with Gasteiger partial charge in [0.1, 0.15) is 10.7 Å². The third-order valence-corrected chi connectivity index (χ3v) is 7.21. The van der Waals surface area contributed by atoms with Crippen molar-refractivity contribution in [2.24, 2.45) is 0 Å². The molecule has 184 valence electrons. The molecule has 4 heterocycles. The molecular formula is C28H29N5O2S. The molecule has 1 unspecified atom stereocenters. The van der Waals surface area contributed by atoms with E-state index in [1.807, 2.05) is 18.2 Å². The topological polar surface area (TPSA) is 74.5 Å². The Hall–Kier alpha value is -3.75. The Bertz CT molecular complexity index is 1460. The van der Waals surface area contributed by atoms with Crippen LogP contribution in [-0.2, 0) is 0 Å². The van der Waals surface area contributed by atoms with Crippen LogP contribution >= 0.6 is 11.3 Å². The van der Waals surface area contributed by atoms with Crippen LogP contribution in [0.1, 0.15) is 23.8 Å². The monoisotopic (exact) mass is 499 g/mol. The van der Waals surface area contributed by atoms with E-state index in [2.05, 4.69) is 70.5 Å². The summed E-state index contributed by atoms with van der Waals surface area (Å²) in [5, 5.41) is 7.92. The van der Waals surface area contributed by atoms with E-state index in [4.69, 9.17) is 4.42 Å².